The van der Waals surface area contributed by atoms with Gasteiger partial charge in [0.1, 0.15) is 12.4 Å². The van der Waals surface area contributed by atoms with E-state index >= 15 is 0 Å². The number of benzene rings is 3. The van der Waals surface area contributed by atoms with Crippen LogP contribution in [0.3, 0.4) is 0 Å². The minimum Gasteiger partial charge on any atom is -0.489 e. The van der Waals surface area contributed by atoms with Crippen molar-refractivity contribution in [2.75, 3.05) is 26.2 Å². The zero-order valence-corrected chi connectivity index (χ0v) is 16.5. The Labute approximate surface area is 168 Å². The lowest BCUT2D eigenvalue weighted by Crippen LogP contribution is -2.45. The lowest BCUT2D eigenvalue weighted by molar-refractivity contribution is 0.198. The lowest BCUT2D eigenvalue weighted by atomic mass is 9.93. The standard InChI is InChI=1S/C25H28N2O/c1-20-7-5-6-10-24(20)25(27-17-15-26-16-18-27)22-11-13-23(14-12-22)28-19-21-8-3-2-4-9-21/h2-14,25-26H,15-19H2,1H3. The Hall–Kier alpha value is -2.62. The fourth-order valence-corrected chi connectivity index (χ4v) is 3.91. The quantitative estimate of drug-likeness (QED) is 0.686. The highest BCUT2D eigenvalue weighted by Crippen LogP contribution is 2.32. The average molecular weight is 373 g/mol. The second-order valence-corrected chi connectivity index (χ2v) is 7.39. The highest BCUT2D eigenvalue weighted by Gasteiger charge is 2.24. The highest BCUT2D eigenvalue weighted by atomic mass is 16.5. The van der Waals surface area contributed by atoms with Crippen molar-refractivity contribution in [2.45, 2.75) is 19.6 Å². The molecular weight excluding hydrogens is 344 g/mol. The van der Waals surface area contributed by atoms with Crippen LogP contribution in [0.15, 0.2) is 78.9 Å². The van der Waals surface area contributed by atoms with Gasteiger partial charge in [0, 0.05) is 26.2 Å². The van der Waals surface area contributed by atoms with Gasteiger partial charge in [-0.1, -0.05) is 66.7 Å². The van der Waals surface area contributed by atoms with Gasteiger partial charge in [-0.15, -0.1) is 0 Å². The van der Waals surface area contributed by atoms with Gasteiger partial charge >= 0.3 is 0 Å². The number of nitrogens with one attached hydrogen (secondary N) is 1. The molecule has 0 aliphatic carbocycles. The number of aryl methyl sites for hydroxylation is 1. The summed E-state index contributed by atoms with van der Waals surface area (Å²) in [5, 5.41) is 3.47. The molecule has 1 atom stereocenters. The Morgan fingerprint density at radius 2 is 1.54 bits per heavy atom. The van der Waals surface area contributed by atoms with E-state index < -0.39 is 0 Å². The molecule has 1 aliphatic rings. The zero-order chi connectivity index (χ0) is 19.2. The lowest BCUT2D eigenvalue weighted by Gasteiger charge is -2.36. The second-order valence-electron chi connectivity index (χ2n) is 7.39. The van der Waals surface area contributed by atoms with Crippen molar-refractivity contribution < 1.29 is 4.74 Å². The SMILES string of the molecule is Cc1ccccc1C(c1ccc(OCc2ccccc2)cc1)N1CCNCC1. The predicted molar refractivity (Wildman–Crippen MR) is 115 cm³/mol. The van der Waals surface area contributed by atoms with E-state index in [1.54, 1.807) is 0 Å². The minimum atomic E-state index is 0.284. The molecule has 28 heavy (non-hydrogen) atoms. The fraction of sp³-hybridized carbons (Fsp3) is 0.280. The molecule has 3 aromatic rings. The Morgan fingerprint density at radius 3 is 2.25 bits per heavy atom. The second kappa shape index (κ2) is 9.05. The van der Waals surface area contributed by atoms with E-state index in [0.717, 1.165) is 31.9 Å². The van der Waals surface area contributed by atoms with Gasteiger partial charge < -0.3 is 10.1 Å². The molecule has 0 radical (unpaired) electrons. The first-order valence-corrected chi connectivity index (χ1v) is 10.1. The Kier molecular flexibility index (Phi) is 6.05. The molecular formula is C25H28N2O. The van der Waals surface area contributed by atoms with Crippen LogP contribution < -0.4 is 10.1 Å². The number of nitrogens with zero attached hydrogens (tertiary/aromatic N) is 1. The van der Waals surface area contributed by atoms with E-state index in [4.69, 9.17) is 4.74 Å². The van der Waals surface area contributed by atoms with Crippen LogP contribution in [0.1, 0.15) is 28.3 Å². The van der Waals surface area contributed by atoms with Gasteiger partial charge in [-0.2, -0.15) is 0 Å². The van der Waals surface area contributed by atoms with Crippen LogP contribution in [-0.4, -0.2) is 31.1 Å². The van der Waals surface area contributed by atoms with E-state index in [1.807, 2.05) is 18.2 Å². The third kappa shape index (κ3) is 4.44. The maximum Gasteiger partial charge on any atom is 0.119 e. The van der Waals surface area contributed by atoms with Gasteiger partial charge in [0.05, 0.1) is 6.04 Å². The van der Waals surface area contributed by atoms with Gasteiger partial charge in [0.15, 0.2) is 0 Å². The van der Waals surface area contributed by atoms with Gasteiger partial charge in [-0.25, -0.2) is 0 Å². The number of hydrogen-bond donors (Lipinski definition) is 1. The van der Waals surface area contributed by atoms with Crippen LogP contribution in [-0.2, 0) is 6.61 Å². The predicted octanol–water partition coefficient (Wildman–Crippen LogP) is 4.57. The molecule has 0 spiro atoms. The first-order valence-electron chi connectivity index (χ1n) is 10.1. The van der Waals surface area contributed by atoms with Crippen LogP contribution in [0.2, 0.25) is 0 Å². The van der Waals surface area contributed by atoms with Gasteiger partial charge in [0.25, 0.3) is 0 Å². The van der Waals surface area contributed by atoms with Crippen LogP contribution in [0.5, 0.6) is 5.75 Å². The monoisotopic (exact) mass is 372 g/mol. The molecule has 1 saturated heterocycles. The van der Waals surface area contributed by atoms with Crippen molar-refractivity contribution in [3.8, 4) is 5.75 Å². The van der Waals surface area contributed by atoms with Crippen molar-refractivity contribution >= 4 is 0 Å². The Morgan fingerprint density at radius 1 is 0.857 bits per heavy atom. The summed E-state index contributed by atoms with van der Waals surface area (Å²) in [7, 11) is 0. The summed E-state index contributed by atoms with van der Waals surface area (Å²) in [6.07, 6.45) is 0. The van der Waals surface area contributed by atoms with Crippen molar-refractivity contribution in [1.82, 2.24) is 10.2 Å². The molecule has 3 nitrogen and oxygen atoms in total. The summed E-state index contributed by atoms with van der Waals surface area (Å²) >= 11 is 0. The minimum absolute atomic E-state index is 0.284. The fourth-order valence-electron chi connectivity index (χ4n) is 3.91. The van der Waals surface area contributed by atoms with Crippen molar-refractivity contribution in [2.24, 2.45) is 0 Å². The summed E-state index contributed by atoms with van der Waals surface area (Å²) in [5.41, 5.74) is 5.24. The molecule has 3 aromatic carbocycles. The topological polar surface area (TPSA) is 24.5 Å². The number of ether oxygens (including phenoxy) is 1. The van der Waals surface area contributed by atoms with Crippen LogP contribution >= 0.6 is 0 Å². The number of hydrogen-bond acceptors (Lipinski definition) is 3. The van der Waals surface area contributed by atoms with Crippen LogP contribution in [0.4, 0.5) is 0 Å². The third-order valence-electron chi connectivity index (χ3n) is 5.44. The largest absolute Gasteiger partial charge is 0.489 e. The Balaban J connectivity index is 1.55. The van der Waals surface area contributed by atoms with Crippen molar-refractivity contribution in [3.63, 3.8) is 0 Å². The third-order valence-corrected chi connectivity index (χ3v) is 5.44. The summed E-state index contributed by atoms with van der Waals surface area (Å²) < 4.78 is 5.98. The molecule has 0 aromatic heterocycles. The maximum absolute atomic E-state index is 5.98. The molecule has 144 valence electrons. The normalized spacial score (nSPS) is 15.9. The highest BCUT2D eigenvalue weighted by molar-refractivity contribution is 5.39. The summed E-state index contributed by atoms with van der Waals surface area (Å²) in [6.45, 7) is 7.01. The molecule has 0 amide bonds. The van der Waals surface area contributed by atoms with Crippen LogP contribution in [0.25, 0.3) is 0 Å². The van der Waals surface area contributed by atoms with Gasteiger partial charge in [-0.05, 0) is 41.3 Å². The molecule has 4 rings (SSSR count). The summed E-state index contributed by atoms with van der Waals surface area (Å²) in [4.78, 5) is 2.58. The molecule has 1 fully saturated rings. The van der Waals surface area contributed by atoms with E-state index in [0.29, 0.717) is 6.61 Å². The summed E-state index contributed by atoms with van der Waals surface area (Å²) in [6, 6.07) is 28.0. The molecule has 0 bridgehead atoms. The number of rotatable bonds is 6. The molecule has 1 aliphatic heterocycles. The van der Waals surface area contributed by atoms with Crippen molar-refractivity contribution in [1.29, 1.82) is 0 Å². The first-order chi connectivity index (χ1) is 13.8. The maximum atomic E-state index is 5.98. The summed E-state index contributed by atoms with van der Waals surface area (Å²) in [5.74, 6) is 0.913. The molecule has 0 saturated carbocycles. The van der Waals surface area contributed by atoms with E-state index in [-0.39, 0.29) is 6.04 Å². The first kappa shape index (κ1) is 18.7. The molecule has 1 unspecified atom stereocenters. The Bertz CT molecular complexity index is 871. The number of piperazine rings is 1. The van der Waals surface area contributed by atoms with Crippen LogP contribution in [0, 0.1) is 6.92 Å². The van der Waals surface area contributed by atoms with Gasteiger partial charge in [0.2, 0.25) is 0 Å². The van der Waals surface area contributed by atoms with E-state index in [1.165, 1.54) is 22.3 Å². The van der Waals surface area contributed by atoms with Crippen molar-refractivity contribution in [3.05, 3.63) is 101 Å². The molecule has 1 heterocycles. The average Bonchev–Trinajstić information content (AvgIpc) is 2.76. The van der Waals surface area contributed by atoms with E-state index in [2.05, 4.69) is 77.8 Å². The smallest absolute Gasteiger partial charge is 0.119 e. The molecule has 3 heteroatoms. The van der Waals surface area contributed by atoms with Gasteiger partial charge in [-0.3, -0.25) is 4.90 Å². The zero-order valence-electron chi connectivity index (χ0n) is 16.5. The molecule has 1 N–H and O–H groups in total. The van der Waals surface area contributed by atoms with E-state index in [9.17, 15) is 0 Å².